The van der Waals surface area contributed by atoms with Gasteiger partial charge in [-0.1, -0.05) is 34.1 Å². The van der Waals surface area contributed by atoms with Gasteiger partial charge in [0.25, 0.3) is 0 Å². The van der Waals surface area contributed by atoms with Crippen LogP contribution in [0.25, 0.3) is 0 Å². The van der Waals surface area contributed by atoms with E-state index in [1.165, 1.54) is 6.92 Å². The van der Waals surface area contributed by atoms with E-state index in [0.717, 1.165) is 38.5 Å². The fraction of sp³-hybridized carbons (Fsp3) is 0.861. The lowest BCUT2D eigenvalue weighted by atomic mass is 9.41. The first kappa shape index (κ1) is 36.3. The Morgan fingerprint density at radius 2 is 1.74 bits per heavy atom. The average molecular weight is 647 g/mol. The molecule has 0 radical (unpaired) electrons. The highest BCUT2D eigenvalue weighted by atomic mass is 16.6. The number of nitrogens with one attached hydrogen (secondary N) is 2. The molecule has 4 aliphatic rings. The molecule has 0 aromatic carbocycles. The average Bonchev–Trinajstić information content (AvgIpc) is 3.30. The van der Waals surface area contributed by atoms with Crippen LogP contribution in [0.3, 0.4) is 0 Å². The summed E-state index contributed by atoms with van der Waals surface area (Å²) in [4.78, 5) is 66.1. The number of esters is 1. The standard InChI is InChI=1S/C36H58N2O8/c1-19-14-15-35(8)23(16-19)17-27(45-22(4)41)28-25-13-12-24(20(2)10-11-21(3)40)36(25,9)31(42)30(29(28)35)38-32(43)26(18-39)37-33(44)46-34(5,6)7/h19-20,23-30,39H,10-18H2,1-9H3,(H,37,44)(H,38,43)/t19-,20-,23+,24?,25?,26?,27?,28?,29?,30?,35+,36-/m1/s1. The molecular formula is C36H58N2O8. The van der Waals surface area contributed by atoms with Gasteiger partial charge in [-0.25, -0.2) is 4.79 Å². The van der Waals surface area contributed by atoms with Gasteiger partial charge in [0.2, 0.25) is 5.91 Å². The van der Waals surface area contributed by atoms with Gasteiger partial charge in [0.1, 0.15) is 23.5 Å². The minimum Gasteiger partial charge on any atom is -0.462 e. The third-order valence-corrected chi connectivity index (χ3v) is 12.3. The minimum atomic E-state index is -1.32. The molecule has 10 nitrogen and oxygen atoms in total. The molecule has 0 heterocycles. The molecule has 4 fully saturated rings. The van der Waals surface area contributed by atoms with Gasteiger partial charge in [0, 0.05) is 24.7 Å². The van der Waals surface area contributed by atoms with Gasteiger partial charge in [-0.2, -0.15) is 0 Å². The maximum absolute atomic E-state index is 15.1. The lowest BCUT2D eigenvalue weighted by molar-refractivity contribution is -0.199. The van der Waals surface area contributed by atoms with Crippen LogP contribution in [0.2, 0.25) is 0 Å². The number of rotatable bonds is 9. The van der Waals surface area contributed by atoms with Crippen molar-refractivity contribution in [3.63, 3.8) is 0 Å². The van der Waals surface area contributed by atoms with Crippen molar-refractivity contribution in [3.05, 3.63) is 0 Å². The van der Waals surface area contributed by atoms with E-state index in [9.17, 15) is 24.3 Å². The van der Waals surface area contributed by atoms with Crippen molar-refractivity contribution in [2.75, 3.05) is 6.61 Å². The van der Waals surface area contributed by atoms with E-state index in [-0.39, 0.29) is 64.6 Å². The van der Waals surface area contributed by atoms with E-state index in [1.807, 2.05) is 6.92 Å². The van der Waals surface area contributed by atoms with Gasteiger partial charge in [-0.3, -0.25) is 14.4 Å². The Labute approximate surface area is 274 Å². The Kier molecular flexibility index (Phi) is 10.7. The second-order valence-electron chi connectivity index (χ2n) is 16.6. The minimum absolute atomic E-state index is 0.00638. The summed E-state index contributed by atoms with van der Waals surface area (Å²) in [5, 5.41) is 15.7. The summed E-state index contributed by atoms with van der Waals surface area (Å²) < 4.78 is 11.5. The molecule has 0 bridgehead atoms. The van der Waals surface area contributed by atoms with Crippen molar-refractivity contribution in [2.45, 2.75) is 137 Å². The lowest BCUT2D eigenvalue weighted by Crippen LogP contribution is -2.71. The summed E-state index contributed by atoms with van der Waals surface area (Å²) in [7, 11) is 0. The third kappa shape index (κ3) is 7.02. The summed E-state index contributed by atoms with van der Waals surface area (Å²) in [6, 6.07) is -2.21. The number of ether oxygens (including phenoxy) is 2. The molecule has 4 aliphatic carbocycles. The molecule has 260 valence electrons. The Balaban J connectivity index is 1.78. The fourth-order valence-corrected chi connectivity index (χ4v) is 10.2. The van der Waals surface area contributed by atoms with Crippen LogP contribution in [0, 0.1) is 52.3 Å². The highest BCUT2D eigenvalue weighted by Gasteiger charge is 2.70. The molecule has 7 unspecified atom stereocenters. The van der Waals surface area contributed by atoms with Crippen LogP contribution in [0.1, 0.15) is 114 Å². The monoisotopic (exact) mass is 646 g/mol. The van der Waals surface area contributed by atoms with Crippen LogP contribution in [0.4, 0.5) is 4.79 Å². The molecule has 0 aliphatic heterocycles. The van der Waals surface area contributed by atoms with E-state index in [0.29, 0.717) is 18.8 Å². The lowest BCUT2D eigenvalue weighted by Gasteiger charge is -2.64. The zero-order valence-corrected chi connectivity index (χ0v) is 29.4. The van der Waals surface area contributed by atoms with Gasteiger partial charge in [0.15, 0.2) is 5.78 Å². The van der Waals surface area contributed by atoms with Crippen molar-refractivity contribution >= 4 is 29.5 Å². The summed E-state index contributed by atoms with van der Waals surface area (Å²) in [5.41, 5.74) is -1.90. The Hall–Kier alpha value is -2.49. The Morgan fingerprint density at radius 1 is 1.07 bits per heavy atom. The number of hydrogen-bond donors (Lipinski definition) is 3. The number of carbonyl (C=O) groups excluding carboxylic acids is 5. The number of alkyl carbamates (subject to hydrolysis) is 1. The quantitative estimate of drug-likeness (QED) is 0.297. The van der Waals surface area contributed by atoms with Crippen molar-refractivity contribution in [1.82, 2.24) is 10.6 Å². The molecule has 0 saturated heterocycles. The van der Waals surface area contributed by atoms with E-state index < -0.39 is 41.7 Å². The van der Waals surface area contributed by atoms with Gasteiger partial charge in [-0.05, 0) is 107 Å². The summed E-state index contributed by atoms with van der Waals surface area (Å²) >= 11 is 0. The number of fused-ring (bicyclic) bond motifs is 5. The van der Waals surface area contributed by atoms with Crippen molar-refractivity contribution in [3.8, 4) is 0 Å². The highest BCUT2D eigenvalue weighted by Crippen LogP contribution is 2.68. The molecule has 2 amide bonds. The predicted octanol–water partition coefficient (Wildman–Crippen LogP) is 4.99. The highest BCUT2D eigenvalue weighted by molar-refractivity contribution is 5.96. The normalized spacial score (nSPS) is 38.3. The number of amides is 2. The van der Waals surface area contributed by atoms with E-state index in [1.54, 1.807) is 27.7 Å². The molecule has 0 spiro atoms. The molecule has 0 aromatic heterocycles. The van der Waals surface area contributed by atoms with Crippen LogP contribution in [0.15, 0.2) is 0 Å². The van der Waals surface area contributed by atoms with Crippen LogP contribution in [-0.2, 0) is 28.7 Å². The molecule has 4 saturated carbocycles. The van der Waals surface area contributed by atoms with Gasteiger partial charge < -0.3 is 30.0 Å². The number of Topliss-reactive ketones (excluding diaryl/α,β-unsaturated/α-hetero) is 2. The summed E-state index contributed by atoms with van der Waals surface area (Å²) in [6.07, 6.45) is 5.13. The first-order chi connectivity index (χ1) is 21.3. The first-order valence-electron chi connectivity index (χ1n) is 17.4. The van der Waals surface area contributed by atoms with Gasteiger partial charge in [-0.15, -0.1) is 0 Å². The fourth-order valence-electron chi connectivity index (χ4n) is 10.2. The number of aliphatic hydroxyl groups is 1. The van der Waals surface area contributed by atoms with Crippen LogP contribution in [0.5, 0.6) is 0 Å². The topological polar surface area (TPSA) is 148 Å². The zero-order valence-electron chi connectivity index (χ0n) is 29.4. The van der Waals surface area contributed by atoms with E-state index in [2.05, 4.69) is 31.4 Å². The SMILES string of the molecule is CC(=O)CC[C@@H](C)C1CCC2C3C(OC(C)=O)C[C@@H]4C[C@H](C)CC[C@]4(C)C3C(NC(=O)C(CO)NC(=O)OC(C)(C)C)C(=O)[C@@]21C. The van der Waals surface area contributed by atoms with Crippen LogP contribution in [-0.4, -0.2) is 65.0 Å². The molecule has 0 aromatic rings. The van der Waals surface area contributed by atoms with Crippen LogP contribution < -0.4 is 10.6 Å². The number of carbonyl (C=O) groups is 5. The van der Waals surface area contributed by atoms with Gasteiger partial charge in [0.05, 0.1) is 12.6 Å². The number of hydrogen-bond acceptors (Lipinski definition) is 8. The van der Waals surface area contributed by atoms with Crippen molar-refractivity contribution in [2.24, 2.45) is 52.3 Å². The van der Waals surface area contributed by atoms with E-state index in [4.69, 9.17) is 9.47 Å². The smallest absolute Gasteiger partial charge is 0.408 e. The van der Waals surface area contributed by atoms with Crippen LogP contribution >= 0.6 is 0 Å². The molecule has 12 atom stereocenters. The van der Waals surface area contributed by atoms with Crippen molar-refractivity contribution in [1.29, 1.82) is 0 Å². The molecule has 10 heteroatoms. The summed E-state index contributed by atoms with van der Waals surface area (Å²) in [6.45, 7) is 16.1. The second kappa shape index (κ2) is 13.6. The predicted molar refractivity (Wildman–Crippen MR) is 172 cm³/mol. The maximum atomic E-state index is 15.1. The van der Waals surface area contributed by atoms with Crippen molar-refractivity contribution < 1.29 is 38.6 Å². The largest absolute Gasteiger partial charge is 0.462 e. The Bertz CT molecular complexity index is 1200. The van der Waals surface area contributed by atoms with Gasteiger partial charge >= 0.3 is 12.1 Å². The third-order valence-electron chi connectivity index (χ3n) is 12.3. The second-order valence-corrected chi connectivity index (χ2v) is 16.6. The molecular weight excluding hydrogens is 588 g/mol. The number of ketones is 2. The summed E-state index contributed by atoms with van der Waals surface area (Å²) in [5.74, 6) is -0.582. The van der Waals surface area contributed by atoms with E-state index >= 15 is 4.79 Å². The molecule has 4 rings (SSSR count). The number of aliphatic hydroxyl groups excluding tert-OH is 1. The zero-order chi connectivity index (χ0) is 34.4. The maximum Gasteiger partial charge on any atom is 0.408 e. The first-order valence-corrected chi connectivity index (χ1v) is 17.4. The molecule has 3 N–H and O–H groups in total. The Morgan fingerprint density at radius 3 is 2.33 bits per heavy atom. The molecule has 46 heavy (non-hydrogen) atoms.